The van der Waals surface area contributed by atoms with E-state index in [1.807, 2.05) is 43.3 Å². The number of hydrogen-bond acceptors (Lipinski definition) is 6. The molecule has 4 unspecified atom stereocenters. The first kappa shape index (κ1) is 25.5. The number of aromatic nitrogens is 1. The number of benzene rings is 3. The summed E-state index contributed by atoms with van der Waals surface area (Å²) in [5.41, 5.74) is 1.60. The Hall–Kier alpha value is -4.76. The Bertz CT molecular complexity index is 1680. The minimum Gasteiger partial charge on any atom is -0.480 e. The smallest absolute Gasteiger partial charge is 0.325 e. The van der Waals surface area contributed by atoms with Gasteiger partial charge in [-0.3, -0.25) is 24.5 Å². The summed E-state index contributed by atoms with van der Waals surface area (Å²) < 4.78 is 5.15. The molecular weight excluding hydrogens is 510 g/mol. The van der Waals surface area contributed by atoms with Crippen LogP contribution in [0.2, 0.25) is 0 Å². The molecule has 4 atom stereocenters. The van der Waals surface area contributed by atoms with Crippen LogP contribution in [0.15, 0.2) is 79.0 Å². The first-order chi connectivity index (χ1) is 19.2. The van der Waals surface area contributed by atoms with Crippen molar-refractivity contribution in [2.24, 2.45) is 11.8 Å². The number of carboxylic acids is 1. The lowest BCUT2D eigenvalue weighted by molar-refractivity contribution is -0.148. The number of aryl methyl sites for hydroxylation is 1. The maximum atomic E-state index is 14.2. The molecule has 4 aromatic rings. The fourth-order valence-electron chi connectivity index (χ4n) is 6.26. The van der Waals surface area contributed by atoms with Crippen molar-refractivity contribution in [3.8, 4) is 5.75 Å². The Morgan fingerprint density at radius 3 is 2.38 bits per heavy atom. The van der Waals surface area contributed by atoms with Crippen LogP contribution in [0.5, 0.6) is 5.75 Å². The second kappa shape index (κ2) is 9.46. The van der Waals surface area contributed by atoms with E-state index in [9.17, 15) is 24.3 Å². The van der Waals surface area contributed by atoms with Crippen LogP contribution in [0.25, 0.3) is 10.9 Å². The quantitative estimate of drug-likeness (QED) is 0.193. The van der Waals surface area contributed by atoms with Crippen molar-refractivity contribution in [2.45, 2.75) is 31.8 Å². The number of rotatable bonds is 6. The Morgan fingerprint density at radius 2 is 1.68 bits per heavy atom. The van der Waals surface area contributed by atoms with Gasteiger partial charge in [0.1, 0.15) is 11.3 Å². The van der Waals surface area contributed by atoms with E-state index in [0.29, 0.717) is 17.0 Å². The van der Waals surface area contributed by atoms with E-state index >= 15 is 0 Å². The molecule has 2 amide bonds. The molecule has 0 spiro atoms. The molecule has 1 aromatic heterocycles. The third kappa shape index (κ3) is 3.89. The fraction of sp³-hybridized carbons (Fsp3) is 0.226. The van der Waals surface area contributed by atoms with Crippen LogP contribution >= 0.6 is 0 Å². The minimum atomic E-state index is -1.76. The summed E-state index contributed by atoms with van der Waals surface area (Å²) in [6.07, 6.45) is 1.74. The summed E-state index contributed by atoms with van der Waals surface area (Å²) in [6.45, 7) is 3.11. The number of aliphatic carboxylic acids is 1. The number of carbonyl (C=O) groups excluding carboxylic acids is 3. The third-order valence-corrected chi connectivity index (χ3v) is 8.04. The first-order valence-corrected chi connectivity index (χ1v) is 13.0. The predicted molar refractivity (Wildman–Crippen MR) is 147 cm³/mol. The van der Waals surface area contributed by atoms with E-state index in [1.165, 1.54) is 6.92 Å². The molecule has 0 aliphatic carbocycles. The molecule has 9 nitrogen and oxygen atoms in total. The molecule has 3 aromatic carbocycles. The van der Waals surface area contributed by atoms with Crippen LogP contribution in [-0.4, -0.2) is 39.4 Å². The molecule has 3 heterocycles. The van der Waals surface area contributed by atoms with Gasteiger partial charge < -0.3 is 14.8 Å². The number of carbonyl (C=O) groups is 4. The van der Waals surface area contributed by atoms with E-state index in [2.05, 4.69) is 10.3 Å². The summed E-state index contributed by atoms with van der Waals surface area (Å²) in [5.74, 6) is -4.48. The number of carboxylic acid groups (broad SMARTS) is 1. The number of nitrogens with one attached hydrogen (secondary N) is 2. The fourth-order valence-corrected chi connectivity index (χ4v) is 6.26. The van der Waals surface area contributed by atoms with Crippen molar-refractivity contribution in [2.75, 3.05) is 4.90 Å². The predicted octanol–water partition coefficient (Wildman–Crippen LogP) is 3.92. The number of esters is 1. The maximum Gasteiger partial charge on any atom is 0.325 e. The van der Waals surface area contributed by atoms with Gasteiger partial charge in [-0.05, 0) is 47.9 Å². The van der Waals surface area contributed by atoms with Gasteiger partial charge in [-0.15, -0.1) is 0 Å². The zero-order valence-electron chi connectivity index (χ0n) is 21.9. The Balaban J connectivity index is 1.49. The van der Waals surface area contributed by atoms with Gasteiger partial charge in [-0.2, -0.15) is 0 Å². The number of fused-ring (bicyclic) bond motifs is 2. The first-order valence-electron chi connectivity index (χ1n) is 13.0. The van der Waals surface area contributed by atoms with E-state index in [4.69, 9.17) is 4.74 Å². The summed E-state index contributed by atoms with van der Waals surface area (Å²) in [6, 6.07) is 20.4. The highest BCUT2D eigenvalue weighted by molar-refractivity contribution is 6.24. The molecule has 0 bridgehead atoms. The highest BCUT2D eigenvalue weighted by Crippen LogP contribution is 2.51. The van der Waals surface area contributed by atoms with Crippen molar-refractivity contribution in [1.82, 2.24) is 10.3 Å². The molecule has 9 heteroatoms. The standard InChI is InChI=1S/C31H27N3O6/c1-17-7-3-6-10-24(17)34-28(36)25-26(29(34)37)31(30(38)39,15-20-16-32-23-9-5-4-8-22(20)23)33-27(25)19-11-13-21(14-12-19)40-18(2)35/h3-14,16,25-27,32-33H,15H2,1-2H3,(H,38,39). The number of aromatic amines is 1. The van der Waals surface area contributed by atoms with Gasteiger partial charge in [0.05, 0.1) is 17.5 Å². The Morgan fingerprint density at radius 1 is 0.975 bits per heavy atom. The lowest BCUT2D eigenvalue weighted by Gasteiger charge is -2.31. The molecular formula is C31H27N3O6. The molecule has 202 valence electrons. The average molecular weight is 538 g/mol. The van der Waals surface area contributed by atoms with Gasteiger partial charge in [0.15, 0.2) is 0 Å². The lowest BCUT2D eigenvalue weighted by atomic mass is 9.76. The van der Waals surface area contributed by atoms with Gasteiger partial charge in [-0.1, -0.05) is 48.5 Å². The highest BCUT2D eigenvalue weighted by atomic mass is 16.5. The molecule has 2 aliphatic heterocycles. The van der Waals surface area contributed by atoms with Gasteiger partial charge in [0.25, 0.3) is 0 Å². The van der Waals surface area contributed by atoms with Crippen LogP contribution in [0, 0.1) is 18.8 Å². The van der Waals surface area contributed by atoms with Crippen molar-refractivity contribution in [3.05, 3.63) is 95.7 Å². The van der Waals surface area contributed by atoms with Gasteiger partial charge >= 0.3 is 11.9 Å². The molecule has 2 fully saturated rings. The molecule has 6 rings (SSSR count). The van der Waals surface area contributed by atoms with Crippen LogP contribution in [0.1, 0.15) is 29.7 Å². The van der Waals surface area contributed by atoms with Crippen LogP contribution < -0.4 is 15.0 Å². The summed E-state index contributed by atoms with van der Waals surface area (Å²) in [7, 11) is 0. The SMILES string of the molecule is CC(=O)Oc1ccc(C2NC(Cc3c[nH]c4ccccc34)(C(=O)O)C3C(=O)N(c4ccccc4C)C(=O)C23)cc1. The van der Waals surface area contributed by atoms with Gasteiger partial charge in [0, 0.05) is 36.5 Å². The largest absolute Gasteiger partial charge is 0.480 e. The van der Waals surface area contributed by atoms with Crippen LogP contribution in [0.4, 0.5) is 5.69 Å². The zero-order valence-corrected chi connectivity index (χ0v) is 21.9. The minimum absolute atomic E-state index is 0.0177. The number of hydrogen-bond donors (Lipinski definition) is 3. The van der Waals surface area contributed by atoms with Gasteiger partial charge in [-0.25, -0.2) is 4.90 Å². The lowest BCUT2D eigenvalue weighted by Crippen LogP contribution is -2.57. The van der Waals surface area contributed by atoms with Crippen LogP contribution in [0.3, 0.4) is 0 Å². The topological polar surface area (TPSA) is 129 Å². The van der Waals surface area contributed by atoms with E-state index in [-0.39, 0.29) is 6.42 Å². The zero-order chi connectivity index (χ0) is 28.2. The number of H-pyrrole nitrogens is 1. The molecule has 0 radical (unpaired) electrons. The van der Waals surface area contributed by atoms with E-state index in [0.717, 1.165) is 26.9 Å². The third-order valence-electron chi connectivity index (χ3n) is 8.04. The molecule has 0 saturated carbocycles. The highest BCUT2D eigenvalue weighted by Gasteiger charge is 2.68. The van der Waals surface area contributed by atoms with Crippen molar-refractivity contribution in [1.29, 1.82) is 0 Å². The molecule has 2 saturated heterocycles. The number of imide groups is 1. The summed E-state index contributed by atoms with van der Waals surface area (Å²) >= 11 is 0. The number of anilines is 1. The number of amides is 2. The van der Waals surface area contributed by atoms with Crippen LogP contribution in [-0.2, 0) is 25.6 Å². The second-order valence-corrected chi connectivity index (χ2v) is 10.4. The van der Waals surface area contributed by atoms with E-state index in [1.54, 1.807) is 42.6 Å². The number of ether oxygens (including phenoxy) is 1. The number of nitrogens with zero attached hydrogens (tertiary/aromatic N) is 1. The van der Waals surface area contributed by atoms with Crippen molar-refractivity contribution >= 4 is 40.3 Å². The molecule has 3 N–H and O–H groups in total. The summed E-state index contributed by atoms with van der Waals surface area (Å²) in [5, 5.41) is 14.9. The summed E-state index contributed by atoms with van der Waals surface area (Å²) in [4.78, 5) is 57.2. The normalized spacial score (nSPS) is 23.9. The average Bonchev–Trinajstić information content (AvgIpc) is 3.57. The monoisotopic (exact) mass is 537 g/mol. The Kier molecular flexibility index (Phi) is 6.03. The maximum absolute atomic E-state index is 14.2. The van der Waals surface area contributed by atoms with Crippen molar-refractivity contribution in [3.63, 3.8) is 0 Å². The molecule has 40 heavy (non-hydrogen) atoms. The molecule has 2 aliphatic rings. The van der Waals surface area contributed by atoms with Gasteiger partial charge in [0.2, 0.25) is 11.8 Å². The second-order valence-electron chi connectivity index (χ2n) is 10.4. The number of para-hydroxylation sites is 2. The Labute approximate surface area is 229 Å². The van der Waals surface area contributed by atoms with Crippen molar-refractivity contribution < 1.29 is 29.0 Å². The van der Waals surface area contributed by atoms with E-state index < -0.39 is 47.2 Å².